The number of aromatic nitrogens is 1. The predicted molar refractivity (Wildman–Crippen MR) is 130 cm³/mol. The zero-order valence-electron chi connectivity index (χ0n) is 18.7. The van der Waals surface area contributed by atoms with Gasteiger partial charge in [0.25, 0.3) is 0 Å². The molecule has 2 aromatic carbocycles. The van der Waals surface area contributed by atoms with Crippen LogP contribution in [0.25, 0.3) is 11.6 Å². The maximum Gasteiger partial charge on any atom is 0.334 e. The van der Waals surface area contributed by atoms with Crippen LogP contribution in [0.3, 0.4) is 0 Å². The van der Waals surface area contributed by atoms with Gasteiger partial charge in [-0.1, -0.05) is 54.6 Å². The quantitative estimate of drug-likeness (QED) is 0.499. The van der Waals surface area contributed by atoms with E-state index in [-0.39, 0.29) is 0 Å². The van der Waals surface area contributed by atoms with Crippen molar-refractivity contribution < 1.29 is 14.6 Å². The van der Waals surface area contributed by atoms with E-state index in [1.807, 2.05) is 85.8 Å². The van der Waals surface area contributed by atoms with Crippen LogP contribution in [0, 0.1) is 0 Å². The smallest absolute Gasteiger partial charge is 0.334 e. The zero-order valence-corrected chi connectivity index (χ0v) is 18.7. The molecule has 1 aliphatic heterocycles. The molecule has 5 heteroatoms. The summed E-state index contributed by atoms with van der Waals surface area (Å²) in [5, 5.41) is 13.3. The number of rotatable bonds is 7. The number of allylic oxidation sites excluding steroid dienone is 3. The van der Waals surface area contributed by atoms with Crippen LogP contribution in [0.2, 0.25) is 0 Å². The molecule has 0 saturated heterocycles. The van der Waals surface area contributed by atoms with Crippen LogP contribution in [-0.4, -0.2) is 22.7 Å². The third kappa shape index (κ3) is 5.04. The van der Waals surface area contributed by atoms with Gasteiger partial charge in [0.2, 0.25) is 0 Å². The number of carbonyl (C=O) groups is 1. The minimum atomic E-state index is -0.948. The molecular formula is C28H26N2O3. The summed E-state index contributed by atoms with van der Waals surface area (Å²) in [5.74, 6) is -0.707. The molecule has 0 amide bonds. The summed E-state index contributed by atoms with van der Waals surface area (Å²) in [4.78, 5) is 16.5. The number of carboxylic acid groups (broad SMARTS) is 1. The van der Waals surface area contributed by atoms with Crippen LogP contribution in [0.15, 0.2) is 102 Å². The molecule has 0 spiro atoms. The maximum absolute atomic E-state index is 12.3. The largest absolute Gasteiger partial charge is 0.490 e. The fraction of sp³-hybridized carbons (Fsp3) is 0.143. The minimum Gasteiger partial charge on any atom is -0.490 e. The third-order valence-electron chi connectivity index (χ3n) is 5.61. The molecule has 0 saturated carbocycles. The lowest BCUT2D eigenvalue weighted by atomic mass is 9.78. The molecule has 33 heavy (non-hydrogen) atoms. The van der Waals surface area contributed by atoms with Gasteiger partial charge in [-0.15, -0.1) is 0 Å². The minimum absolute atomic E-state index is 0.320. The monoisotopic (exact) mass is 438 g/mol. The molecule has 0 aliphatic carbocycles. The van der Waals surface area contributed by atoms with E-state index in [0.717, 1.165) is 28.0 Å². The number of pyridine rings is 1. The molecular weight excluding hydrogens is 412 g/mol. The van der Waals surface area contributed by atoms with Crippen LogP contribution in [0.5, 0.6) is 5.75 Å². The first kappa shape index (κ1) is 22.1. The maximum atomic E-state index is 12.3. The molecule has 0 fully saturated rings. The van der Waals surface area contributed by atoms with Gasteiger partial charge in [-0.3, -0.25) is 4.98 Å². The zero-order chi connectivity index (χ0) is 23.2. The van der Waals surface area contributed by atoms with E-state index >= 15 is 0 Å². The van der Waals surface area contributed by atoms with E-state index in [1.54, 1.807) is 19.3 Å². The number of aliphatic carboxylic acids is 1. The fourth-order valence-electron chi connectivity index (χ4n) is 4.19. The molecule has 1 aliphatic rings. The van der Waals surface area contributed by atoms with Crippen molar-refractivity contribution in [1.82, 2.24) is 10.3 Å². The molecule has 4 rings (SSSR count). The number of nitrogens with zero attached hydrogens (tertiary/aromatic N) is 1. The molecule has 0 bridgehead atoms. The molecule has 1 unspecified atom stereocenters. The van der Waals surface area contributed by atoms with Crippen LogP contribution in [-0.2, 0) is 4.79 Å². The van der Waals surface area contributed by atoms with Gasteiger partial charge in [-0.2, -0.15) is 0 Å². The van der Waals surface area contributed by atoms with E-state index in [0.29, 0.717) is 23.6 Å². The van der Waals surface area contributed by atoms with Crippen LogP contribution >= 0.6 is 0 Å². The highest BCUT2D eigenvalue weighted by Crippen LogP contribution is 2.43. The second-order valence-corrected chi connectivity index (χ2v) is 7.88. The Bertz CT molecular complexity index is 1230. The van der Waals surface area contributed by atoms with Gasteiger partial charge in [0.15, 0.2) is 0 Å². The summed E-state index contributed by atoms with van der Waals surface area (Å²) in [5.41, 5.74) is 5.61. The highest BCUT2D eigenvalue weighted by Gasteiger charge is 2.34. The van der Waals surface area contributed by atoms with E-state index < -0.39 is 11.9 Å². The molecule has 3 aromatic rings. The summed E-state index contributed by atoms with van der Waals surface area (Å²) in [6, 6.07) is 21.5. The van der Waals surface area contributed by atoms with Gasteiger partial charge in [0, 0.05) is 29.7 Å². The summed E-state index contributed by atoms with van der Waals surface area (Å²) < 4.78 is 5.96. The van der Waals surface area contributed by atoms with Gasteiger partial charge in [0.05, 0.1) is 5.57 Å². The third-order valence-corrected chi connectivity index (χ3v) is 5.61. The number of hydrogen-bond acceptors (Lipinski definition) is 4. The Labute approximate surface area is 193 Å². The SMILES string of the molecule is CC1=C(C(=O)O)C(c2cccc(OCC=Cc3ccccc3)c2)C(c2cccnc2)=C(C)N1. The van der Waals surface area contributed by atoms with Crippen molar-refractivity contribution in [2.24, 2.45) is 0 Å². The van der Waals surface area contributed by atoms with Gasteiger partial charge in [-0.05, 0) is 60.4 Å². The number of dihydropyridines is 1. The van der Waals surface area contributed by atoms with Crippen molar-refractivity contribution in [3.63, 3.8) is 0 Å². The van der Waals surface area contributed by atoms with Crippen molar-refractivity contribution in [3.8, 4) is 5.75 Å². The lowest BCUT2D eigenvalue weighted by Gasteiger charge is -2.31. The Morgan fingerprint density at radius 3 is 2.61 bits per heavy atom. The van der Waals surface area contributed by atoms with Crippen LogP contribution in [0.4, 0.5) is 0 Å². The molecule has 2 heterocycles. The van der Waals surface area contributed by atoms with Crippen molar-refractivity contribution in [2.45, 2.75) is 19.8 Å². The molecule has 1 aromatic heterocycles. The Balaban J connectivity index is 1.65. The van der Waals surface area contributed by atoms with Crippen LogP contribution < -0.4 is 10.1 Å². The summed E-state index contributed by atoms with van der Waals surface area (Å²) >= 11 is 0. The second kappa shape index (κ2) is 10.0. The first-order valence-electron chi connectivity index (χ1n) is 10.8. The lowest BCUT2D eigenvalue weighted by molar-refractivity contribution is -0.132. The Morgan fingerprint density at radius 2 is 1.88 bits per heavy atom. The highest BCUT2D eigenvalue weighted by molar-refractivity contribution is 5.96. The molecule has 2 N–H and O–H groups in total. The number of nitrogens with one attached hydrogen (secondary N) is 1. The van der Waals surface area contributed by atoms with Gasteiger partial charge >= 0.3 is 5.97 Å². The molecule has 1 atom stereocenters. The van der Waals surface area contributed by atoms with E-state index in [9.17, 15) is 9.90 Å². The topological polar surface area (TPSA) is 71.5 Å². The van der Waals surface area contributed by atoms with Crippen LogP contribution in [0.1, 0.15) is 36.5 Å². The number of carboxylic acids is 1. The first-order chi connectivity index (χ1) is 16.0. The lowest BCUT2D eigenvalue weighted by Crippen LogP contribution is -2.27. The fourth-order valence-corrected chi connectivity index (χ4v) is 4.19. The first-order valence-corrected chi connectivity index (χ1v) is 10.8. The van der Waals surface area contributed by atoms with Gasteiger partial charge in [0.1, 0.15) is 12.4 Å². The van der Waals surface area contributed by atoms with Crippen molar-refractivity contribution in [2.75, 3.05) is 6.61 Å². The molecule has 166 valence electrons. The Hall–Kier alpha value is -4.12. The number of benzene rings is 2. The summed E-state index contributed by atoms with van der Waals surface area (Å²) in [6.07, 6.45) is 7.45. The molecule has 5 nitrogen and oxygen atoms in total. The Morgan fingerprint density at radius 1 is 1.06 bits per heavy atom. The standard InChI is InChI=1S/C28H26N2O3/c1-19-25(23-13-7-15-29-18-23)27(26(28(31)32)20(2)30-19)22-12-6-14-24(17-22)33-16-8-11-21-9-4-3-5-10-21/h3-15,17-18,27,30H,16H2,1-2H3,(H,31,32). The average molecular weight is 439 g/mol. The molecule has 0 radical (unpaired) electrons. The van der Waals surface area contributed by atoms with Crippen molar-refractivity contribution in [3.05, 3.63) is 119 Å². The van der Waals surface area contributed by atoms with Crippen molar-refractivity contribution >= 4 is 17.6 Å². The van der Waals surface area contributed by atoms with Gasteiger partial charge in [-0.25, -0.2) is 4.79 Å². The summed E-state index contributed by atoms with van der Waals surface area (Å²) in [7, 11) is 0. The number of ether oxygens (including phenoxy) is 1. The predicted octanol–water partition coefficient (Wildman–Crippen LogP) is 5.65. The Kier molecular flexibility index (Phi) is 6.69. The van der Waals surface area contributed by atoms with E-state index in [2.05, 4.69) is 10.3 Å². The second-order valence-electron chi connectivity index (χ2n) is 7.88. The van der Waals surface area contributed by atoms with E-state index in [4.69, 9.17) is 4.74 Å². The van der Waals surface area contributed by atoms with E-state index in [1.165, 1.54) is 0 Å². The normalized spacial score (nSPS) is 16.1. The average Bonchev–Trinajstić information content (AvgIpc) is 2.82. The van der Waals surface area contributed by atoms with Gasteiger partial charge < -0.3 is 15.2 Å². The highest BCUT2D eigenvalue weighted by atomic mass is 16.5. The van der Waals surface area contributed by atoms with Crippen molar-refractivity contribution in [1.29, 1.82) is 0 Å². The summed E-state index contributed by atoms with van der Waals surface area (Å²) in [6.45, 7) is 4.18. The number of hydrogen-bond donors (Lipinski definition) is 2.